The van der Waals surface area contributed by atoms with E-state index in [1.54, 1.807) is 30.3 Å². The fourth-order valence-corrected chi connectivity index (χ4v) is 3.59. The van der Waals surface area contributed by atoms with Gasteiger partial charge in [-0.2, -0.15) is 0 Å². The van der Waals surface area contributed by atoms with Gasteiger partial charge in [0.05, 0.1) is 5.02 Å². The van der Waals surface area contributed by atoms with Gasteiger partial charge < -0.3 is 21.6 Å². The quantitative estimate of drug-likeness (QED) is 0.281. The van der Waals surface area contributed by atoms with Crippen LogP contribution >= 0.6 is 11.6 Å². The minimum absolute atomic E-state index is 0.0586. The predicted molar refractivity (Wildman–Crippen MR) is 136 cm³/mol. The Kier molecular flexibility index (Phi) is 8.53. The Hall–Kier alpha value is -4.23. The number of hydrogen-bond donors (Lipinski definition) is 4. The van der Waals surface area contributed by atoms with Crippen molar-refractivity contribution in [1.82, 2.24) is 5.32 Å². The van der Waals surface area contributed by atoms with Gasteiger partial charge in [-0.1, -0.05) is 60.1 Å². The second-order valence-corrected chi connectivity index (χ2v) is 7.93. The number of carbonyl (C=O) groups is 2. The van der Waals surface area contributed by atoms with E-state index in [-0.39, 0.29) is 28.1 Å². The average molecular weight is 492 g/mol. The van der Waals surface area contributed by atoms with Crippen LogP contribution < -0.4 is 11.1 Å². The topological polar surface area (TPSA) is 116 Å². The highest BCUT2D eigenvalue weighted by atomic mass is 35.5. The third kappa shape index (κ3) is 6.43. The summed E-state index contributed by atoms with van der Waals surface area (Å²) in [5.74, 6) is -1.07. The summed E-state index contributed by atoms with van der Waals surface area (Å²) in [4.78, 5) is 23.0. The normalized spacial score (nSPS) is 10.2. The van der Waals surface area contributed by atoms with E-state index in [1.807, 2.05) is 24.3 Å². The number of nitrogens with one attached hydrogen (secondary N) is 2. The van der Waals surface area contributed by atoms with Gasteiger partial charge >= 0.3 is 0 Å². The summed E-state index contributed by atoms with van der Waals surface area (Å²) in [5, 5.41) is 21.1. The van der Waals surface area contributed by atoms with E-state index in [0.29, 0.717) is 24.1 Å². The van der Waals surface area contributed by atoms with E-state index in [0.717, 1.165) is 16.3 Å². The van der Waals surface area contributed by atoms with Gasteiger partial charge in [0.25, 0.3) is 5.91 Å². The summed E-state index contributed by atoms with van der Waals surface area (Å²) in [6.07, 6.45) is 1.72. The number of phenols is 1. The summed E-state index contributed by atoms with van der Waals surface area (Å²) < 4.78 is 13.6. The van der Waals surface area contributed by atoms with Crippen molar-refractivity contribution in [2.24, 2.45) is 5.73 Å². The van der Waals surface area contributed by atoms with Crippen molar-refractivity contribution >= 4 is 40.4 Å². The zero-order chi connectivity index (χ0) is 25.4. The minimum atomic E-state index is -0.563. The number of phenolic OH excluding ortho intramolecular Hbond substituents is 1. The summed E-state index contributed by atoms with van der Waals surface area (Å²) >= 11 is 5.50. The first kappa shape index (κ1) is 25.4. The van der Waals surface area contributed by atoms with Crippen LogP contribution in [0.25, 0.3) is 10.8 Å². The maximum Gasteiger partial charge on any atom is 0.251 e. The number of carbonyl (C=O) groups excluding carboxylic acids is 2. The second-order valence-electron chi connectivity index (χ2n) is 7.52. The number of aromatic hydroxyl groups is 1. The van der Waals surface area contributed by atoms with Crippen molar-refractivity contribution in [3.05, 3.63) is 112 Å². The molecule has 0 bridgehead atoms. The summed E-state index contributed by atoms with van der Waals surface area (Å²) in [6.45, 7) is 0.362. The van der Waals surface area contributed by atoms with Crippen LogP contribution in [0.3, 0.4) is 0 Å². The van der Waals surface area contributed by atoms with Crippen LogP contribution in [0.4, 0.5) is 4.39 Å². The third-order valence-electron chi connectivity index (χ3n) is 5.23. The Morgan fingerprint density at radius 2 is 1.69 bits per heavy atom. The number of hydrogen-bond acceptors (Lipinski definition) is 4. The van der Waals surface area contributed by atoms with Crippen molar-refractivity contribution in [3.8, 4) is 5.75 Å². The lowest BCUT2D eigenvalue weighted by Crippen LogP contribution is -2.26. The molecular formula is C27H23ClFN3O3. The van der Waals surface area contributed by atoms with Gasteiger partial charge in [-0.05, 0) is 58.7 Å². The molecule has 0 saturated heterocycles. The van der Waals surface area contributed by atoms with Crippen molar-refractivity contribution in [1.29, 1.82) is 5.41 Å². The van der Waals surface area contributed by atoms with Gasteiger partial charge in [0.2, 0.25) is 5.91 Å². The van der Waals surface area contributed by atoms with Crippen molar-refractivity contribution in [3.63, 3.8) is 0 Å². The smallest absolute Gasteiger partial charge is 0.251 e. The van der Waals surface area contributed by atoms with Crippen LogP contribution in [0.5, 0.6) is 5.75 Å². The lowest BCUT2D eigenvalue weighted by molar-refractivity contribution is 0.0954. The number of primary amides is 1. The van der Waals surface area contributed by atoms with E-state index >= 15 is 0 Å². The molecular weight excluding hydrogens is 469 g/mol. The number of nitrogens with two attached hydrogens (primary N) is 1. The number of benzene rings is 4. The molecule has 0 aromatic heterocycles. The first-order valence-electron chi connectivity index (χ1n) is 10.6. The predicted octanol–water partition coefficient (Wildman–Crippen LogP) is 5.09. The van der Waals surface area contributed by atoms with Crippen LogP contribution in [0.15, 0.2) is 78.9 Å². The first-order chi connectivity index (χ1) is 16.8. The Bertz CT molecular complexity index is 1390. The number of amides is 2. The van der Waals surface area contributed by atoms with E-state index in [2.05, 4.69) is 5.32 Å². The molecule has 4 aromatic carbocycles. The standard InChI is InChI=1S/C20H17FN2O.C7H6ClNO2/c21-19-8-4-1-5-14(19)11-12-23-20(24)18-10-9-15(13-22)16-6-2-3-7-17(16)18;8-5-3-4(7(9)11)1-2-6(5)10/h1-10,13,22H,11-12H2,(H,23,24);1-3,10H,(H2,9,11). The largest absolute Gasteiger partial charge is 0.506 e. The summed E-state index contributed by atoms with van der Waals surface area (Å²) in [6, 6.07) is 21.6. The Morgan fingerprint density at radius 3 is 2.34 bits per heavy atom. The van der Waals surface area contributed by atoms with Gasteiger partial charge in [0, 0.05) is 23.9 Å². The minimum Gasteiger partial charge on any atom is -0.506 e. The van der Waals surface area contributed by atoms with Crippen molar-refractivity contribution < 1.29 is 19.1 Å². The maximum absolute atomic E-state index is 13.6. The molecule has 0 spiro atoms. The molecule has 6 nitrogen and oxygen atoms in total. The molecule has 8 heteroatoms. The molecule has 0 saturated carbocycles. The third-order valence-corrected chi connectivity index (χ3v) is 5.53. The van der Waals surface area contributed by atoms with E-state index in [1.165, 1.54) is 30.5 Å². The number of halogens is 2. The van der Waals surface area contributed by atoms with Gasteiger partial charge in [0.15, 0.2) is 0 Å². The highest BCUT2D eigenvalue weighted by Crippen LogP contribution is 2.23. The van der Waals surface area contributed by atoms with Crippen molar-refractivity contribution in [2.45, 2.75) is 6.42 Å². The van der Waals surface area contributed by atoms with Gasteiger partial charge in [-0.25, -0.2) is 4.39 Å². The molecule has 0 heterocycles. The fourth-order valence-electron chi connectivity index (χ4n) is 3.41. The van der Waals surface area contributed by atoms with Crippen LogP contribution in [-0.2, 0) is 6.42 Å². The molecule has 0 aliphatic carbocycles. The maximum atomic E-state index is 13.6. The molecule has 4 rings (SSSR count). The van der Waals surface area contributed by atoms with Gasteiger partial charge in [-0.15, -0.1) is 0 Å². The van der Waals surface area contributed by atoms with Crippen LogP contribution in [-0.4, -0.2) is 29.7 Å². The molecule has 5 N–H and O–H groups in total. The van der Waals surface area contributed by atoms with Crippen molar-refractivity contribution in [2.75, 3.05) is 6.54 Å². The molecule has 0 radical (unpaired) electrons. The molecule has 0 fully saturated rings. The Labute approximate surface area is 206 Å². The number of rotatable bonds is 6. The summed E-state index contributed by atoms with van der Waals surface area (Å²) in [7, 11) is 0. The molecule has 178 valence electrons. The monoisotopic (exact) mass is 491 g/mol. The molecule has 0 aliphatic rings. The number of fused-ring (bicyclic) bond motifs is 1. The molecule has 0 atom stereocenters. The van der Waals surface area contributed by atoms with E-state index < -0.39 is 5.91 Å². The highest BCUT2D eigenvalue weighted by Gasteiger charge is 2.11. The lowest BCUT2D eigenvalue weighted by atomic mass is 9.99. The lowest BCUT2D eigenvalue weighted by Gasteiger charge is -2.10. The Balaban J connectivity index is 0.000000261. The zero-order valence-electron chi connectivity index (χ0n) is 18.6. The van der Waals surface area contributed by atoms with Gasteiger partial charge in [0.1, 0.15) is 11.6 Å². The Morgan fingerprint density at radius 1 is 1.00 bits per heavy atom. The zero-order valence-corrected chi connectivity index (χ0v) is 19.4. The van der Waals surface area contributed by atoms with Crippen LogP contribution in [0.1, 0.15) is 31.8 Å². The highest BCUT2D eigenvalue weighted by molar-refractivity contribution is 6.32. The SMILES string of the molecule is N=Cc1ccc(C(=O)NCCc2ccccc2F)c2ccccc12.NC(=O)c1ccc(O)c(Cl)c1. The first-order valence-corrected chi connectivity index (χ1v) is 11.0. The fraction of sp³-hybridized carbons (Fsp3) is 0.0741. The second kappa shape index (κ2) is 11.8. The molecule has 0 unspecified atom stereocenters. The molecule has 0 aliphatic heterocycles. The summed E-state index contributed by atoms with van der Waals surface area (Å²) in [5.41, 5.74) is 7.16. The van der Waals surface area contributed by atoms with E-state index in [4.69, 9.17) is 27.9 Å². The van der Waals surface area contributed by atoms with E-state index in [9.17, 15) is 14.0 Å². The van der Waals surface area contributed by atoms with Gasteiger partial charge in [-0.3, -0.25) is 9.59 Å². The molecule has 2 amide bonds. The average Bonchev–Trinajstić information content (AvgIpc) is 2.86. The van der Waals surface area contributed by atoms with Crippen LogP contribution in [0, 0.1) is 11.2 Å². The van der Waals surface area contributed by atoms with Crippen LogP contribution in [0.2, 0.25) is 5.02 Å². The molecule has 35 heavy (non-hydrogen) atoms. The molecule has 4 aromatic rings.